The highest BCUT2D eigenvalue weighted by atomic mass is 16.6. The van der Waals surface area contributed by atoms with E-state index in [1.807, 2.05) is 36.4 Å². The molecule has 6 aliphatic rings. The maximum absolute atomic E-state index is 7.55. The molecule has 0 radical (unpaired) electrons. The average molecular weight is 1550 g/mol. The summed E-state index contributed by atoms with van der Waals surface area (Å²) in [5.41, 5.74) is 27.8. The fourth-order valence-electron chi connectivity index (χ4n) is 20.0. The van der Waals surface area contributed by atoms with Gasteiger partial charge in [-0.2, -0.15) is 0 Å². The molecule has 4 aromatic heterocycles. The molecule has 10 nitrogen and oxygen atoms in total. The molecule has 10 heteroatoms. The Labute approximate surface area is 693 Å². The number of rotatable bonds is 13. The molecule has 18 aromatic rings. The molecule has 3 atom stereocenters. The highest BCUT2D eigenvalue weighted by molar-refractivity contribution is 6.10. The summed E-state index contributed by atoms with van der Waals surface area (Å²) in [6.07, 6.45) is 17.5. The summed E-state index contributed by atoms with van der Waals surface area (Å²) in [5, 5.41) is 4.69. The predicted molar refractivity (Wildman–Crippen MR) is 482 cm³/mol. The van der Waals surface area contributed by atoms with Crippen LogP contribution in [-0.2, 0) is 10.8 Å². The Morgan fingerprint density at radius 2 is 0.892 bits per heavy atom. The molecule has 0 spiro atoms. The number of allylic oxidation sites excluding steroid dienone is 8. The van der Waals surface area contributed by atoms with Gasteiger partial charge in [0.2, 0.25) is 0 Å². The second-order valence-electron chi connectivity index (χ2n) is 32.7. The lowest BCUT2D eigenvalue weighted by Crippen LogP contribution is -2.28. The van der Waals surface area contributed by atoms with Crippen LogP contribution < -0.4 is 18.9 Å². The van der Waals surface area contributed by atoms with Crippen LogP contribution in [0.4, 0.5) is 0 Å². The van der Waals surface area contributed by atoms with Crippen LogP contribution in [0.25, 0.3) is 150 Å². The zero-order valence-electron chi connectivity index (χ0n) is 65.9. The molecular formula is C110H75N5O5. The summed E-state index contributed by atoms with van der Waals surface area (Å²) < 4.78 is 38.1. The van der Waals surface area contributed by atoms with Crippen LogP contribution in [0.3, 0.4) is 0 Å². The Morgan fingerprint density at radius 3 is 1.52 bits per heavy atom. The van der Waals surface area contributed by atoms with Crippen molar-refractivity contribution >= 4 is 54.9 Å². The molecule has 2 aliphatic heterocycles. The molecule has 120 heavy (non-hydrogen) atoms. The summed E-state index contributed by atoms with van der Waals surface area (Å²) in [4.78, 5) is 21.8. The topological polar surface area (TPSA) is 107 Å². The summed E-state index contributed by atoms with van der Waals surface area (Å²) in [6, 6.07) is 111. The number of para-hydroxylation sites is 6. The van der Waals surface area contributed by atoms with Gasteiger partial charge in [-0.25, -0.2) is 19.9 Å². The molecule has 0 N–H and O–H groups in total. The standard InChI is InChI=1S/C110H75N5O5/c1-109(85-43-18-13-37-83(85)100-87(109)58-60-98-105(100)119-103-79(41-24-48-96(103)116-98)73-30-9-11-32-75(73)92-65-91(111-107(114-92)70-28-7-4-8-29-70)69-54-56-71(57-55-69)115-93-45-20-15-33-76(93)77-34-16-21-46-94(77)115)62-63-110(2)86-44-19-14-38-84(86)101-88(110)59-61-99-106(101)120-104-80(42-25-49-97(104)117-99)74-31-10-12-36-82(74)108-112-89(67-26-5-3-6-27-67)64-90(113-108)68-52-50-66(51-53-68)72-39-23-40-81-78-35-17-22-47-95(78)118-102(72)81/h3-7,9-28,30-52,54-61,64-65,68H,8,29,53,62-63H2,1-2H3. The minimum atomic E-state index is -0.451. The molecule has 0 saturated carbocycles. The van der Waals surface area contributed by atoms with E-state index in [1.54, 1.807) is 0 Å². The van der Waals surface area contributed by atoms with Crippen LogP contribution in [0.15, 0.2) is 356 Å². The van der Waals surface area contributed by atoms with Crippen molar-refractivity contribution in [1.29, 1.82) is 0 Å². The molecular weight excluding hydrogens is 1470 g/mol. The quantitative estimate of drug-likeness (QED) is 0.112. The molecule has 0 saturated heterocycles. The van der Waals surface area contributed by atoms with Crippen molar-refractivity contribution in [2.24, 2.45) is 0 Å². The zero-order valence-corrected chi connectivity index (χ0v) is 65.9. The number of ether oxygens (including phenoxy) is 4. The second-order valence-corrected chi connectivity index (χ2v) is 32.7. The second kappa shape index (κ2) is 27.3. The van der Waals surface area contributed by atoms with Gasteiger partial charge < -0.3 is 27.9 Å². The molecule has 6 heterocycles. The first kappa shape index (κ1) is 69.3. The van der Waals surface area contributed by atoms with Crippen molar-refractivity contribution in [3.63, 3.8) is 0 Å². The van der Waals surface area contributed by atoms with Crippen molar-refractivity contribution in [2.45, 2.75) is 62.7 Å². The monoisotopic (exact) mass is 1550 g/mol. The fourth-order valence-corrected chi connectivity index (χ4v) is 20.0. The third-order valence-electron chi connectivity index (χ3n) is 25.9. The first-order chi connectivity index (χ1) is 59.2. The van der Waals surface area contributed by atoms with Gasteiger partial charge in [0.25, 0.3) is 0 Å². The highest BCUT2D eigenvalue weighted by Crippen LogP contribution is 2.65. The highest BCUT2D eigenvalue weighted by Gasteiger charge is 2.48. The minimum Gasteiger partial charge on any atom is -0.455 e. The number of furan rings is 1. The molecule has 0 fully saturated rings. The molecule has 4 aliphatic carbocycles. The number of aromatic nitrogens is 5. The zero-order chi connectivity index (χ0) is 79.3. The molecule has 3 unspecified atom stereocenters. The van der Waals surface area contributed by atoms with E-state index in [9.17, 15) is 0 Å². The van der Waals surface area contributed by atoms with E-state index < -0.39 is 10.8 Å². The lowest BCUT2D eigenvalue weighted by atomic mass is 9.69. The maximum Gasteiger partial charge on any atom is 0.178 e. The Morgan fingerprint density at radius 1 is 0.383 bits per heavy atom. The first-order valence-corrected chi connectivity index (χ1v) is 41.5. The van der Waals surface area contributed by atoms with E-state index in [0.717, 1.165) is 172 Å². The van der Waals surface area contributed by atoms with Crippen molar-refractivity contribution in [1.82, 2.24) is 24.5 Å². The minimum absolute atomic E-state index is 0.0112. The summed E-state index contributed by atoms with van der Waals surface area (Å²) >= 11 is 0. The largest absolute Gasteiger partial charge is 0.455 e. The van der Waals surface area contributed by atoms with Crippen LogP contribution in [0, 0.1) is 0 Å². The predicted octanol–water partition coefficient (Wildman–Crippen LogP) is 29.0. The Kier molecular flexibility index (Phi) is 15.8. The van der Waals surface area contributed by atoms with E-state index in [2.05, 4.69) is 334 Å². The van der Waals surface area contributed by atoms with Gasteiger partial charge in [0.1, 0.15) is 11.2 Å². The summed E-state index contributed by atoms with van der Waals surface area (Å²) in [5.74, 6) is 6.66. The molecule has 0 amide bonds. The Balaban J connectivity index is 0.546. The Bertz CT molecular complexity index is 7460. The molecule has 570 valence electrons. The lowest BCUT2D eigenvalue weighted by Gasteiger charge is -2.35. The number of hydrogen-bond acceptors (Lipinski definition) is 9. The number of hydrogen-bond donors (Lipinski definition) is 0. The number of nitrogens with zero attached hydrogens (tertiary/aromatic N) is 5. The normalized spacial score (nSPS) is 16.8. The summed E-state index contributed by atoms with van der Waals surface area (Å²) in [6.45, 7) is 4.85. The van der Waals surface area contributed by atoms with Crippen LogP contribution in [-0.4, -0.2) is 24.5 Å². The van der Waals surface area contributed by atoms with Crippen LogP contribution in [0.1, 0.15) is 91.2 Å². The molecule has 24 rings (SSSR count). The van der Waals surface area contributed by atoms with Gasteiger partial charge in [0, 0.05) is 94.1 Å². The number of benzene rings is 14. The van der Waals surface area contributed by atoms with Gasteiger partial charge in [-0.3, -0.25) is 0 Å². The van der Waals surface area contributed by atoms with E-state index in [4.69, 9.17) is 43.3 Å². The Hall–Kier alpha value is -15.0. The van der Waals surface area contributed by atoms with E-state index in [1.165, 1.54) is 44.1 Å². The maximum atomic E-state index is 7.55. The summed E-state index contributed by atoms with van der Waals surface area (Å²) in [7, 11) is 0. The fraction of sp³-hybridized carbons (Fsp3) is 0.0909. The van der Waals surface area contributed by atoms with Gasteiger partial charge in [-0.05, 0) is 154 Å². The van der Waals surface area contributed by atoms with Gasteiger partial charge in [0.15, 0.2) is 57.6 Å². The van der Waals surface area contributed by atoms with Crippen LogP contribution >= 0.6 is 0 Å². The van der Waals surface area contributed by atoms with Gasteiger partial charge in [-0.15, -0.1) is 0 Å². The molecule has 0 bridgehead atoms. The van der Waals surface area contributed by atoms with E-state index >= 15 is 0 Å². The number of fused-ring (bicyclic) bond motifs is 18. The van der Waals surface area contributed by atoms with Crippen molar-refractivity contribution in [3.8, 4) is 141 Å². The van der Waals surface area contributed by atoms with Gasteiger partial charge >= 0.3 is 0 Å². The first-order valence-electron chi connectivity index (χ1n) is 41.5. The molecule has 14 aromatic carbocycles. The average Bonchev–Trinajstić information content (AvgIpc) is 1.54. The van der Waals surface area contributed by atoms with E-state index in [-0.39, 0.29) is 5.92 Å². The van der Waals surface area contributed by atoms with Crippen molar-refractivity contribution in [3.05, 3.63) is 391 Å². The third-order valence-corrected chi connectivity index (χ3v) is 25.9. The van der Waals surface area contributed by atoms with Crippen LogP contribution in [0.5, 0.6) is 46.0 Å². The van der Waals surface area contributed by atoms with Crippen molar-refractivity contribution in [2.75, 3.05) is 0 Å². The van der Waals surface area contributed by atoms with Gasteiger partial charge in [-0.1, -0.05) is 299 Å². The van der Waals surface area contributed by atoms with E-state index in [0.29, 0.717) is 51.8 Å². The van der Waals surface area contributed by atoms with Gasteiger partial charge in [0.05, 0.1) is 33.8 Å². The van der Waals surface area contributed by atoms with Crippen molar-refractivity contribution < 1.29 is 23.4 Å². The third kappa shape index (κ3) is 10.9. The smallest absolute Gasteiger partial charge is 0.178 e. The lowest BCUT2D eigenvalue weighted by molar-refractivity contribution is 0.360. The van der Waals surface area contributed by atoms with Crippen LogP contribution in [0.2, 0.25) is 0 Å². The SMILES string of the molecule is CC1(CCC2(C)c3ccccc3-c3c2ccc2c3Oc3c(cccc3-c3ccccc3-c3nc(-c4ccccc4)cc(C4C=CC(c5cccc6c5oc5ccccc56)=CC4)n3)O2)c2ccccc2-c2c1ccc1c2Oc2c(cccc2-c2ccccc2-c2cc(-c3ccc(-n4c5ccccc5c5ccccc54)cc3)nc(C3=CC=CCC3)n2)O1.